The number of aliphatic hydroxyl groups is 1. The molecule has 1 heterocycles. The maximum Gasteiger partial charge on any atom is 0.416 e. The second kappa shape index (κ2) is 13.2. The van der Waals surface area contributed by atoms with E-state index in [0.717, 1.165) is 11.0 Å². The van der Waals surface area contributed by atoms with Crippen molar-refractivity contribution in [3.63, 3.8) is 0 Å². The number of phenols is 1. The topological polar surface area (TPSA) is 119 Å². The highest BCUT2D eigenvalue weighted by Crippen LogP contribution is 2.32. The van der Waals surface area contributed by atoms with Gasteiger partial charge in [0, 0.05) is 24.2 Å². The van der Waals surface area contributed by atoms with Crippen molar-refractivity contribution in [3.05, 3.63) is 101 Å². The monoisotopic (exact) mass is 601 g/mol. The largest absolute Gasteiger partial charge is 0.508 e. The molecule has 3 amide bonds. The van der Waals surface area contributed by atoms with E-state index in [1.807, 2.05) is 0 Å². The van der Waals surface area contributed by atoms with Gasteiger partial charge < -0.3 is 25.7 Å². The summed E-state index contributed by atoms with van der Waals surface area (Å²) in [7, 11) is 0. The van der Waals surface area contributed by atoms with E-state index in [9.17, 15) is 42.2 Å². The third kappa shape index (κ3) is 7.31. The van der Waals surface area contributed by atoms with Crippen molar-refractivity contribution in [1.29, 1.82) is 0 Å². The Labute approximate surface area is 245 Å². The second-order valence-corrected chi connectivity index (χ2v) is 10.3. The molecule has 3 aromatic carbocycles. The Bertz CT molecular complexity index is 1470. The van der Waals surface area contributed by atoms with Crippen molar-refractivity contribution in [2.24, 2.45) is 0 Å². The molecule has 1 unspecified atom stereocenters. The molecule has 4 atom stereocenters. The zero-order chi connectivity index (χ0) is 31.3. The van der Waals surface area contributed by atoms with Gasteiger partial charge in [-0.25, -0.2) is 4.39 Å². The van der Waals surface area contributed by atoms with Crippen LogP contribution in [-0.4, -0.2) is 63.7 Å². The van der Waals surface area contributed by atoms with E-state index in [4.69, 9.17) is 0 Å². The number of likely N-dealkylation sites (tertiary alicyclic amines) is 1. The number of carbonyl (C=O) groups is 3. The summed E-state index contributed by atoms with van der Waals surface area (Å²) in [6.45, 7) is 0.740. The lowest BCUT2D eigenvalue weighted by Crippen LogP contribution is -2.57. The van der Waals surface area contributed by atoms with Gasteiger partial charge in [-0.15, -0.1) is 0 Å². The van der Waals surface area contributed by atoms with Crippen LogP contribution in [0.15, 0.2) is 72.8 Å². The van der Waals surface area contributed by atoms with Crippen LogP contribution >= 0.6 is 0 Å². The molecule has 1 saturated heterocycles. The summed E-state index contributed by atoms with van der Waals surface area (Å²) in [6.07, 6.45) is -8.64. The lowest BCUT2D eigenvalue weighted by atomic mass is 9.98. The zero-order valence-corrected chi connectivity index (χ0v) is 23.1. The second-order valence-electron chi connectivity index (χ2n) is 10.3. The first-order chi connectivity index (χ1) is 20.4. The normalized spacial score (nSPS) is 18.1. The van der Waals surface area contributed by atoms with Crippen molar-refractivity contribution in [2.75, 3.05) is 6.54 Å². The molecule has 43 heavy (non-hydrogen) atoms. The zero-order valence-electron chi connectivity index (χ0n) is 23.1. The number of aromatic hydroxyl groups is 1. The molecular weight excluding hydrogens is 570 g/mol. The Hall–Kier alpha value is -4.45. The van der Waals surface area contributed by atoms with Crippen molar-refractivity contribution in [3.8, 4) is 5.75 Å². The Kier molecular flexibility index (Phi) is 9.70. The lowest BCUT2D eigenvalue weighted by Gasteiger charge is -2.31. The summed E-state index contributed by atoms with van der Waals surface area (Å²) in [5.74, 6) is -2.84. The summed E-state index contributed by atoms with van der Waals surface area (Å²) in [5.41, 5.74) is -0.136. The van der Waals surface area contributed by atoms with E-state index in [1.165, 1.54) is 43.3 Å². The quantitative estimate of drug-likeness (QED) is 0.279. The van der Waals surface area contributed by atoms with Gasteiger partial charge >= 0.3 is 6.18 Å². The molecule has 0 aliphatic carbocycles. The molecule has 4 rings (SSSR count). The van der Waals surface area contributed by atoms with Gasteiger partial charge in [0.1, 0.15) is 18.0 Å². The first kappa shape index (κ1) is 31.5. The molecule has 0 spiro atoms. The number of rotatable bonds is 9. The van der Waals surface area contributed by atoms with Gasteiger partial charge in [0.05, 0.1) is 11.6 Å². The first-order valence-corrected chi connectivity index (χ1v) is 13.6. The van der Waals surface area contributed by atoms with Gasteiger partial charge in [0.2, 0.25) is 5.91 Å². The summed E-state index contributed by atoms with van der Waals surface area (Å²) < 4.78 is 55.1. The number of halogens is 4. The molecule has 12 heteroatoms. The number of hydrogen-bond donors (Lipinski definition) is 4. The van der Waals surface area contributed by atoms with Crippen molar-refractivity contribution in [1.82, 2.24) is 15.5 Å². The summed E-state index contributed by atoms with van der Waals surface area (Å²) in [4.78, 5) is 40.5. The molecule has 3 aromatic rings. The first-order valence-electron chi connectivity index (χ1n) is 13.6. The van der Waals surface area contributed by atoms with Gasteiger partial charge in [0.15, 0.2) is 6.10 Å². The van der Waals surface area contributed by atoms with Gasteiger partial charge in [-0.05, 0) is 49.1 Å². The number of nitrogens with one attached hydrogen (secondary N) is 2. The van der Waals surface area contributed by atoms with Crippen LogP contribution in [0.25, 0.3) is 0 Å². The number of amides is 3. The standard InChI is InChI=1S/C31H31F4N3O5/c1-18-21(11-7-13-25(18)39)28(41)37-24(16-19-8-3-2-4-9-19)27(40)30(43)38-15-14-23(32)26(38)29(42)36-17-20-10-5-6-12-22(20)31(33,34)35/h2-13,23-24,26-27,39-40H,14-17H2,1H3,(H,36,42)(H,37,41)/t23-,24-,26?,27-/m0/s1. The molecule has 1 aliphatic rings. The van der Waals surface area contributed by atoms with Crippen LogP contribution in [0.5, 0.6) is 5.75 Å². The predicted octanol–water partition coefficient (Wildman–Crippen LogP) is 3.68. The van der Waals surface area contributed by atoms with E-state index in [1.54, 1.807) is 30.3 Å². The van der Waals surface area contributed by atoms with Crippen LogP contribution in [0, 0.1) is 6.92 Å². The van der Waals surface area contributed by atoms with Crippen LogP contribution in [0.1, 0.15) is 39.0 Å². The Morgan fingerprint density at radius 1 is 1.00 bits per heavy atom. The number of hydrogen-bond acceptors (Lipinski definition) is 5. The predicted molar refractivity (Wildman–Crippen MR) is 149 cm³/mol. The number of alkyl halides is 4. The van der Waals surface area contributed by atoms with Gasteiger partial charge in [0.25, 0.3) is 11.8 Å². The van der Waals surface area contributed by atoms with E-state index in [-0.39, 0.29) is 41.8 Å². The Balaban J connectivity index is 1.53. The van der Waals surface area contributed by atoms with Crippen molar-refractivity contribution >= 4 is 17.7 Å². The molecule has 228 valence electrons. The summed E-state index contributed by atoms with van der Waals surface area (Å²) in [6, 6.07) is 14.7. The summed E-state index contributed by atoms with van der Waals surface area (Å²) in [5, 5.41) is 26.1. The van der Waals surface area contributed by atoms with Crippen LogP contribution in [-0.2, 0) is 28.7 Å². The summed E-state index contributed by atoms with van der Waals surface area (Å²) >= 11 is 0. The van der Waals surface area contributed by atoms with E-state index >= 15 is 0 Å². The minimum Gasteiger partial charge on any atom is -0.508 e. The highest BCUT2D eigenvalue weighted by molar-refractivity contribution is 5.97. The fraction of sp³-hybridized carbons (Fsp3) is 0.323. The number of aliphatic hydroxyl groups excluding tert-OH is 1. The van der Waals surface area contributed by atoms with E-state index < -0.39 is 60.4 Å². The molecule has 0 radical (unpaired) electrons. The van der Waals surface area contributed by atoms with Crippen LogP contribution in [0.2, 0.25) is 0 Å². The average molecular weight is 602 g/mol. The third-order valence-corrected chi connectivity index (χ3v) is 7.45. The molecule has 0 saturated carbocycles. The van der Waals surface area contributed by atoms with E-state index in [2.05, 4.69) is 10.6 Å². The molecule has 8 nitrogen and oxygen atoms in total. The van der Waals surface area contributed by atoms with Crippen LogP contribution < -0.4 is 10.6 Å². The van der Waals surface area contributed by atoms with Crippen LogP contribution in [0.4, 0.5) is 17.6 Å². The SMILES string of the molecule is Cc1c(O)cccc1C(=O)N[C@@H](Cc1ccccc1)[C@H](O)C(=O)N1CC[C@H](F)C1C(=O)NCc1ccccc1C(F)(F)F. The van der Waals surface area contributed by atoms with Crippen molar-refractivity contribution < 1.29 is 42.2 Å². The molecule has 4 N–H and O–H groups in total. The highest BCUT2D eigenvalue weighted by Gasteiger charge is 2.45. The number of phenolic OH excluding ortho intramolecular Hbond substituents is 1. The number of benzene rings is 3. The molecular formula is C31H31F4N3O5. The Morgan fingerprint density at radius 2 is 1.67 bits per heavy atom. The van der Waals surface area contributed by atoms with Crippen molar-refractivity contribution in [2.45, 2.75) is 56.8 Å². The van der Waals surface area contributed by atoms with Gasteiger partial charge in [-0.1, -0.05) is 54.6 Å². The Morgan fingerprint density at radius 3 is 2.37 bits per heavy atom. The average Bonchev–Trinajstić information content (AvgIpc) is 3.37. The number of carbonyl (C=O) groups excluding carboxylic acids is 3. The smallest absolute Gasteiger partial charge is 0.416 e. The third-order valence-electron chi connectivity index (χ3n) is 7.45. The van der Waals surface area contributed by atoms with Gasteiger partial charge in [-0.3, -0.25) is 14.4 Å². The fourth-order valence-corrected chi connectivity index (χ4v) is 5.11. The van der Waals surface area contributed by atoms with Gasteiger partial charge in [-0.2, -0.15) is 13.2 Å². The lowest BCUT2D eigenvalue weighted by molar-refractivity contribution is -0.147. The molecule has 1 aliphatic heterocycles. The van der Waals surface area contributed by atoms with E-state index in [0.29, 0.717) is 5.56 Å². The maximum absolute atomic E-state index is 15.0. The maximum atomic E-state index is 15.0. The number of nitrogens with zero attached hydrogens (tertiary/aromatic N) is 1. The molecule has 0 bridgehead atoms. The fourth-order valence-electron chi connectivity index (χ4n) is 5.11. The molecule has 1 fully saturated rings. The highest BCUT2D eigenvalue weighted by atomic mass is 19.4. The minimum absolute atomic E-state index is 0.00463. The molecule has 0 aromatic heterocycles. The van der Waals surface area contributed by atoms with Crippen LogP contribution in [0.3, 0.4) is 0 Å². The minimum atomic E-state index is -4.67.